The maximum Gasteiger partial charge on any atom is 0.335 e. The van der Waals surface area contributed by atoms with Gasteiger partial charge in [0, 0.05) is 31.7 Å². The number of ether oxygens (including phenoxy) is 1. The summed E-state index contributed by atoms with van der Waals surface area (Å²) in [7, 11) is 2.14. The first-order chi connectivity index (χ1) is 18.1. The van der Waals surface area contributed by atoms with Gasteiger partial charge in [-0.1, -0.05) is 75.4 Å². The van der Waals surface area contributed by atoms with Crippen LogP contribution in [0.5, 0.6) is 5.75 Å². The maximum absolute atomic E-state index is 11.2. The number of carbonyl (C=O) groups is 1. The second-order valence-electron chi connectivity index (χ2n) is 11.0. The zero-order valence-electron chi connectivity index (χ0n) is 22.7. The van der Waals surface area contributed by atoms with Crippen molar-refractivity contribution in [1.29, 1.82) is 0 Å². The summed E-state index contributed by atoms with van der Waals surface area (Å²) in [4.78, 5) is 15.8. The highest BCUT2D eigenvalue weighted by Gasteiger charge is 2.27. The Morgan fingerprint density at radius 1 is 1.00 bits per heavy atom. The van der Waals surface area contributed by atoms with E-state index in [1.165, 1.54) is 0 Å². The van der Waals surface area contributed by atoms with E-state index in [-0.39, 0.29) is 11.0 Å². The van der Waals surface area contributed by atoms with E-state index >= 15 is 0 Å². The summed E-state index contributed by atoms with van der Waals surface area (Å²) in [5, 5.41) is 20.4. The van der Waals surface area contributed by atoms with Crippen LogP contribution in [-0.2, 0) is 12.0 Å². The molecule has 0 aliphatic carbocycles. The van der Waals surface area contributed by atoms with Gasteiger partial charge >= 0.3 is 5.97 Å². The average molecular weight is 515 g/mol. The van der Waals surface area contributed by atoms with E-state index in [0.717, 1.165) is 59.9 Å². The second kappa shape index (κ2) is 11.8. The lowest BCUT2D eigenvalue weighted by molar-refractivity contribution is 0.0697. The first-order valence-electron chi connectivity index (χ1n) is 13.1. The van der Waals surface area contributed by atoms with Gasteiger partial charge in [0.15, 0.2) is 0 Å². The van der Waals surface area contributed by atoms with Crippen molar-refractivity contribution >= 4 is 17.7 Å². The molecule has 0 saturated carbocycles. The van der Waals surface area contributed by atoms with Crippen molar-refractivity contribution in [3.8, 4) is 5.75 Å². The molecule has 1 saturated heterocycles. The quantitative estimate of drug-likeness (QED) is 0.398. The predicted molar refractivity (Wildman–Crippen MR) is 153 cm³/mol. The van der Waals surface area contributed by atoms with E-state index in [2.05, 4.69) is 61.9 Å². The molecule has 200 valence electrons. The molecule has 6 nitrogen and oxygen atoms in total. The van der Waals surface area contributed by atoms with Gasteiger partial charge in [0.05, 0.1) is 17.4 Å². The number of hydrogen-bond donors (Lipinski definition) is 2. The summed E-state index contributed by atoms with van der Waals surface area (Å²) < 4.78 is 6.55. The van der Waals surface area contributed by atoms with Gasteiger partial charge in [0.1, 0.15) is 12.4 Å². The van der Waals surface area contributed by atoms with Gasteiger partial charge in [-0.05, 0) is 53.4 Å². The third kappa shape index (κ3) is 6.82. The van der Waals surface area contributed by atoms with Crippen LogP contribution >= 0.6 is 0 Å². The third-order valence-electron chi connectivity index (χ3n) is 6.94. The van der Waals surface area contributed by atoms with Gasteiger partial charge in [-0.2, -0.15) is 0 Å². The zero-order chi connectivity index (χ0) is 27.3. The van der Waals surface area contributed by atoms with E-state index in [4.69, 9.17) is 9.84 Å². The van der Waals surface area contributed by atoms with Crippen molar-refractivity contribution < 1.29 is 19.7 Å². The van der Waals surface area contributed by atoms with Gasteiger partial charge < -0.3 is 24.7 Å². The number of likely N-dealkylation sites (N-methyl/N-ethyl adjacent to an activating group) is 1. The molecule has 38 heavy (non-hydrogen) atoms. The summed E-state index contributed by atoms with van der Waals surface area (Å²) in [6, 6.07) is 20.9. The topological polar surface area (TPSA) is 73.2 Å². The molecule has 0 bridgehead atoms. The Kier molecular flexibility index (Phi) is 8.55. The molecule has 0 radical (unpaired) electrons. The molecule has 3 aromatic carbocycles. The van der Waals surface area contributed by atoms with E-state index in [1.807, 2.05) is 24.3 Å². The minimum Gasteiger partial charge on any atom is -0.486 e. The Balaban J connectivity index is 1.70. The normalized spacial score (nSPS) is 15.6. The largest absolute Gasteiger partial charge is 0.486 e. The van der Waals surface area contributed by atoms with Crippen LogP contribution in [0.1, 0.15) is 59.5 Å². The highest BCUT2D eigenvalue weighted by molar-refractivity contribution is 5.87. The second-order valence-corrected chi connectivity index (χ2v) is 11.0. The van der Waals surface area contributed by atoms with Crippen molar-refractivity contribution in [2.75, 3.05) is 38.1 Å². The van der Waals surface area contributed by atoms with E-state index < -0.39 is 12.1 Å². The fraction of sp³-hybridized carbons (Fsp3) is 0.344. The Morgan fingerprint density at radius 3 is 2.26 bits per heavy atom. The summed E-state index contributed by atoms with van der Waals surface area (Å²) >= 11 is 0. The molecule has 2 N–H and O–H groups in total. The Bertz CT molecular complexity index is 1260. The van der Waals surface area contributed by atoms with Gasteiger partial charge in [0.25, 0.3) is 0 Å². The van der Waals surface area contributed by atoms with Crippen molar-refractivity contribution in [1.82, 2.24) is 4.90 Å². The van der Waals surface area contributed by atoms with Crippen LogP contribution in [0.2, 0.25) is 0 Å². The number of carboxylic acids is 1. The Hall–Kier alpha value is -3.61. The SMILES string of the molecule is CN1CCN(c2cc(C(O)C=Cc3ccc(C(=O)O)cc3)cc(C(C)(C)C)c2OCc2ccccc2)CC1. The Labute approximate surface area is 225 Å². The van der Waals surface area contributed by atoms with Crippen LogP contribution in [0, 0.1) is 0 Å². The number of hydrogen-bond acceptors (Lipinski definition) is 5. The predicted octanol–water partition coefficient (Wildman–Crippen LogP) is 5.76. The number of anilines is 1. The fourth-order valence-electron chi connectivity index (χ4n) is 4.58. The molecule has 1 fully saturated rings. The fourth-order valence-corrected chi connectivity index (χ4v) is 4.58. The van der Waals surface area contributed by atoms with E-state index in [0.29, 0.717) is 6.61 Å². The number of rotatable bonds is 8. The number of carboxylic acid groups (broad SMARTS) is 1. The van der Waals surface area contributed by atoms with Gasteiger partial charge in [-0.3, -0.25) is 0 Å². The standard InChI is InChI=1S/C32H38N2O4/c1-32(2,3)27-20-26(29(35)15-12-23-10-13-25(14-11-23)31(36)37)21-28(34-18-16-33(4)17-19-34)30(27)38-22-24-8-6-5-7-9-24/h5-15,20-21,29,35H,16-19,22H2,1-4H3,(H,36,37). The lowest BCUT2D eigenvalue weighted by Crippen LogP contribution is -2.44. The number of aliphatic hydroxyl groups excluding tert-OH is 1. The molecule has 0 spiro atoms. The number of nitrogens with zero attached hydrogens (tertiary/aromatic N) is 2. The smallest absolute Gasteiger partial charge is 0.335 e. The lowest BCUT2D eigenvalue weighted by Gasteiger charge is -2.37. The van der Waals surface area contributed by atoms with Gasteiger partial charge in [-0.25, -0.2) is 4.79 Å². The van der Waals surface area contributed by atoms with Crippen molar-refractivity contribution in [3.63, 3.8) is 0 Å². The molecular formula is C32H38N2O4. The monoisotopic (exact) mass is 514 g/mol. The molecule has 1 aliphatic rings. The summed E-state index contributed by atoms with van der Waals surface area (Å²) in [5.41, 5.74) is 4.83. The third-order valence-corrected chi connectivity index (χ3v) is 6.94. The summed E-state index contributed by atoms with van der Waals surface area (Å²) in [6.07, 6.45) is 2.74. The first-order valence-corrected chi connectivity index (χ1v) is 13.1. The maximum atomic E-state index is 11.2. The summed E-state index contributed by atoms with van der Waals surface area (Å²) in [6.45, 7) is 10.7. The van der Waals surface area contributed by atoms with Crippen LogP contribution in [-0.4, -0.2) is 54.3 Å². The van der Waals surface area contributed by atoms with E-state index in [9.17, 15) is 9.90 Å². The zero-order valence-corrected chi connectivity index (χ0v) is 22.7. The molecule has 1 aliphatic heterocycles. The molecule has 0 aromatic heterocycles. The highest BCUT2D eigenvalue weighted by atomic mass is 16.5. The first kappa shape index (κ1) is 27.4. The lowest BCUT2D eigenvalue weighted by atomic mass is 9.84. The van der Waals surface area contributed by atoms with Crippen molar-refractivity contribution in [2.45, 2.75) is 38.9 Å². The number of benzene rings is 3. The minimum atomic E-state index is -0.957. The van der Waals surface area contributed by atoms with Crippen LogP contribution in [0.15, 0.2) is 72.8 Å². The number of aromatic carboxylic acids is 1. The molecular weight excluding hydrogens is 476 g/mol. The molecule has 1 atom stereocenters. The molecule has 4 rings (SSSR count). The highest BCUT2D eigenvalue weighted by Crippen LogP contribution is 2.42. The number of piperazine rings is 1. The van der Waals surface area contributed by atoms with Gasteiger partial charge in [0.2, 0.25) is 0 Å². The van der Waals surface area contributed by atoms with Crippen LogP contribution in [0.3, 0.4) is 0 Å². The molecule has 3 aromatic rings. The van der Waals surface area contributed by atoms with Gasteiger partial charge in [-0.15, -0.1) is 0 Å². The number of aliphatic hydroxyl groups is 1. The Morgan fingerprint density at radius 2 is 1.66 bits per heavy atom. The van der Waals surface area contributed by atoms with Crippen LogP contribution in [0.4, 0.5) is 5.69 Å². The van der Waals surface area contributed by atoms with E-state index in [1.54, 1.807) is 30.3 Å². The average Bonchev–Trinajstić information content (AvgIpc) is 2.91. The molecule has 1 heterocycles. The van der Waals surface area contributed by atoms with Crippen molar-refractivity contribution in [3.05, 3.63) is 101 Å². The molecule has 6 heteroatoms. The van der Waals surface area contributed by atoms with Crippen molar-refractivity contribution in [2.24, 2.45) is 0 Å². The van der Waals surface area contributed by atoms with Crippen LogP contribution in [0.25, 0.3) is 6.08 Å². The minimum absolute atomic E-state index is 0.209. The van der Waals surface area contributed by atoms with Crippen LogP contribution < -0.4 is 9.64 Å². The molecule has 1 unspecified atom stereocenters. The summed E-state index contributed by atoms with van der Waals surface area (Å²) in [5.74, 6) is -0.0867. The molecule has 0 amide bonds.